The Kier molecular flexibility index (Phi) is 20.1. The number of thiazole rings is 2. The van der Waals surface area contributed by atoms with Gasteiger partial charge in [0.25, 0.3) is 0 Å². The summed E-state index contributed by atoms with van der Waals surface area (Å²) in [6.07, 6.45) is 3.53. The van der Waals surface area contributed by atoms with Crippen LogP contribution >= 0.6 is 34.3 Å². The predicted molar refractivity (Wildman–Crippen MR) is 238 cm³/mol. The highest BCUT2D eigenvalue weighted by Gasteiger charge is 2.38. The molecule has 21 heteroatoms. The van der Waals surface area contributed by atoms with E-state index in [1.165, 1.54) is 28.2 Å². The number of carbonyl (C=O) groups is 3. The standard InChI is InChI=1S/C21H22ClN3O4S.C21H29N3O3S.C2HF3O2/c22-16-1-2-19(18(11-16)20-3-7-24-29-20)27-10-6-15-4-8-25(9-5-15)21(26)28-12-17-13-30-14-23-17;1-23(2)15-18-3-5-19(6-4-18)26-13-9-17-7-11-24(12-8-17)21(25)27-16-20-22-10-14-28-20;3-2(4,5)1(6)7/h1-3,7,11,13-15H,4-6,8-10,12H2;3-6,10,14,17H,7-9,11-13,15-16H2,1-2H3;(H,6,7). The van der Waals surface area contributed by atoms with Crippen LogP contribution in [0.15, 0.2) is 81.7 Å². The van der Waals surface area contributed by atoms with E-state index >= 15 is 0 Å². The molecule has 15 nitrogen and oxygen atoms in total. The fourth-order valence-electron chi connectivity index (χ4n) is 6.79. The minimum absolute atomic E-state index is 0.227. The first-order valence-corrected chi connectivity index (χ1v) is 23.0. The maximum Gasteiger partial charge on any atom is 0.490 e. The van der Waals surface area contributed by atoms with Crippen LogP contribution in [0.5, 0.6) is 11.5 Å². The summed E-state index contributed by atoms with van der Waals surface area (Å²) in [6.45, 7) is 5.62. The van der Waals surface area contributed by atoms with E-state index < -0.39 is 12.1 Å². The van der Waals surface area contributed by atoms with Gasteiger partial charge in [0.1, 0.15) is 29.7 Å². The van der Waals surface area contributed by atoms with Crippen LogP contribution in [0, 0.1) is 11.8 Å². The number of nitrogens with zero attached hydrogens (tertiary/aromatic N) is 6. The Hall–Kier alpha value is -5.44. The molecule has 0 saturated carbocycles. The van der Waals surface area contributed by atoms with Crippen molar-refractivity contribution in [3.05, 3.63) is 98.5 Å². The number of hydrogen-bond acceptors (Lipinski definition) is 14. The minimum atomic E-state index is -5.08. The average molecular weight is 966 g/mol. The molecule has 2 aliphatic rings. The molecule has 0 unspecified atom stereocenters. The van der Waals surface area contributed by atoms with Crippen molar-refractivity contribution in [2.75, 3.05) is 53.5 Å². The van der Waals surface area contributed by atoms with E-state index in [9.17, 15) is 22.8 Å². The smallest absolute Gasteiger partial charge is 0.490 e. The Balaban J connectivity index is 0.000000214. The number of alkyl halides is 3. The minimum Gasteiger partial charge on any atom is -0.494 e. The van der Waals surface area contributed by atoms with Gasteiger partial charge in [0.15, 0.2) is 5.76 Å². The van der Waals surface area contributed by atoms with Crippen molar-refractivity contribution in [3.63, 3.8) is 0 Å². The summed E-state index contributed by atoms with van der Waals surface area (Å²) in [5.74, 6) is 0.610. The maximum absolute atomic E-state index is 12.2. The quantitative estimate of drug-likeness (QED) is 0.105. The van der Waals surface area contributed by atoms with Crippen LogP contribution in [0.4, 0.5) is 22.8 Å². The second-order valence-corrected chi connectivity index (χ2v) is 17.5. The molecule has 0 radical (unpaired) electrons. The molecule has 0 aliphatic carbocycles. The number of carboxylic acids is 1. The predicted octanol–water partition coefficient (Wildman–Crippen LogP) is 9.92. The molecule has 1 N–H and O–H groups in total. The van der Waals surface area contributed by atoms with Crippen LogP contribution in [0.2, 0.25) is 5.02 Å². The summed E-state index contributed by atoms with van der Waals surface area (Å²) in [7, 11) is 4.13. The monoisotopic (exact) mass is 964 g/mol. The molecule has 352 valence electrons. The highest BCUT2D eigenvalue weighted by molar-refractivity contribution is 7.09. The van der Waals surface area contributed by atoms with Gasteiger partial charge in [0.05, 0.1) is 36.2 Å². The first kappa shape index (κ1) is 50.6. The number of benzene rings is 2. The topological polar surface area (TPSA) is 170 Å². The van der Waals surface area contributed by atoms with Crippen LogP contribution in [0.25, 0.3) is 11.3 Å². The molecule has 65 heavy (non-hydrogen) atoms. The molecule has 5 aromatic rings. The van der Waals surface area contributed by atoms with Gasteiger partial charge in [-0.15, -0.1) is 22.7 Å². The van der Waals surface area contributed by atoms with Gasteiger partial charge in [-0.05, 0) is 100 Å². The van der Waals surface area contributed by atoms with Gasteiger partial charge in [-0.1, -0.05) is 28.9 Å². The Morgan fingerprint density at radius 3 is 2.00 bits per heavy atom. The number of ether oxygens (including phenoxy) is 4. The number of amides is 2. The zero-order chi connectivity index (χ0) is 46.6. The molecule has 3 aromatic heterocycles. The van der Waals surface area contributed by atoms with Crippen molar-refractivity contribution in [1.29, 1.82) is 0 Å². The number of likely N-dealkylation sites (tertiary alicyclic amines) is 2. The van der Waals surface area contributed by atoms with Crippen LogP contribution in [0.1, 0.15) is 54.8 Å². The molecular formula is C44H52ClF3N6O9S2. The number of carboxylic acid groups (broad SMARTS) is 1. The number of rotatable bonds is 15. The Morgan fingerprint density at radius 2 is 1.48 bits per heavy atom. The fraction of sp³-hybridized carbons (Fsp3) is 0.455. The number of halogens is 4. The van der Waals surface area contributed by atoms with Crippen LogP contribution in [0.3, 0.4) is 0 Å². The highest BCUT2D eigenvalue weighted by Crippen LogP contribution is 2.33. The highest BCUT2D eigenvalue weighted by atomic mass is 35.5. The first-order valence-electron chi connectivity index (χ1n) is 20.8. The fourth-order valence-corrected chi connectivity index (χ4v) is 8.04. The van der Waals surface area contributed by atoms with Crippen molar-refractivity contribution in [1.82, 2.24) is 29.8 Å². The second kappa shape index (κ2) is 25.9. The Morgan fingerprint density at radius 1 is 0.862 bits per heavy atom. The van der Waals surface area contributed by atoms with Crippen LogP contribution < -0.4 is 9.47 Å². The van der Waals surface area contributed by atoms with Gasteiger partial charge in [-0.2, -0.15) is 13.2 Å². The third-order valence-corrected chi connectivity index (χ3v) is 11.9. The lowest BCUT2D eigenvalue weighted by molar-refractivity contribution is -0.192. The lowest BCUT2D eigenvalue weighted by Crippen LogP contribution is -2.39. The van der Waals surface area contributed by atoms with Gasteiger partial charge >= 0.3 is 24.3 Å². The van der Waals surface area contributed by atoms with E-state index in [0.717, 1.165) is 85.9 Å². The van der Waals surface area contributed by atoms with E-state index in [1.54, 1.807) is 39.8 Å². The van der Waals surface area contributed by atoms with Crippen molar-refractivity contribution >= 4 is 52.4 Å². The number of aliphatic carboxylic acids is 1. The van der Waals surface area contributed by atoms with E-state index in [1.807, 2.05) is 35.0 Å². The van der Waals surface area contributed by atoms with Crippen molar-refractivity contribution < 1.29 is 56.1 Å². The van der Waals surface area contributed by atoms with Crippen molar-refractivity contribution in [2.24, 2.45) is 11.8 Å². The third-order valence-electron chi connectivity index (χ3n) is 10.3. The summed E-state index contributed by atoms with van der Waals surface area (Å²) in [5, 5.41) is 16.1. The van der Waals surface area contributed by atoms with E-state index in [4.69, 9.17) is 45.0 Å². The molecule has 2 aliphatic heterocycles. The molecule has 2 amide bonds. The summed E-state index contributed by atoms with van der Waals surface area (Å²) >= 11 is 9.11. The van der Waals surface area contributed by atoms with Crippen molar-refractivity contribution in [2.45, 2.75) is 64.5 Å². The summed E-state index contributed by atoms with van der Waals surface area (Å²) in [5.41, 5.74) is 4.59. The van der Waals surface area contributed by atoms with E-state index in [0.29, 0.717) is 48.9 Å². The largest absolute Gasteiger partial charge is 0.494 e. The van der Waals surface area contributed by atoms with E-state index in [-0.39, 0.29) is 25.4 Å². The molecule has 2 aromatic carbocycles. The van der Waals surface area contributed by atoms with Gasteiger partial charge in [-0.3, -0.25) is 0 Å². The van der Waals surface area contributed by atoms with E-state index in [2.05, 4.69) is 46.3 Å². The first-order chi connectivity index (χ1) is 31.2. The molecular weight excluding hydrogens is 913 g/mol. The van der Waals surface area contributed by atoms with Crippen LogP contribution in [-0.2, 0) is 34.0 Å². The molecule has 2 fully saturated rings. The summed E-state index contributed by atoms with van der Waals surface area (Å²) in [4.78, 5) is 47.2. The van der Waals surface area contributed by atoms with Gasteiger partial charge < -0.3 is 43.3 Å². The second-order valence-electron chi connectivity index (χ2n) is 15.4. The molecule has 0 bridgehead atoms. The maximum atomic E-state index is 12.2. The Bertz CT molecular complexity index is 2150. The average Bonchev–Trinajstić information content (AvgIpc) is 4.12. The summed E-state index contributed by atoms with van der Waals surface area (Å²) < 4.78 is 59.6. The van der Waals surface area contributed by atoms with Crippen LogP contribution in [-0.4, -0.2) is 113 Å². The molecule has 2 saturated heterocycles. The van der Waals surface area contributed by atoms with Crippen molar-refractivity contribution in [3.8, 4) is 22.8 Å². The number of hydrogen-bond donors (Lipinski definition) is 1. The Labute approximate surface area is 388 Å². The molecule has 0 spiro atoms. The van der Waals surface area contributed by atoms with Gasteiger partial charge in [-0.25, -0.2) is 24.4 Å². The number of carbonyl (C=O) groups excluding carboxylic acids is 2. The SMILES string of the molecule is CN(C)Cc1ccc(OCCC2CCN(C(=O)OCc3nccs3)CC2)cc1.O=C(O)C(F)(F)F.O=C(OCc1cscn1)N1CCC(CCOc2ccc(Cl)cc2-c2ccno2)CC1. The molecule has 7 rings (SSSR count). The molecule has 0 atom stereocenters. The van der Waals surface area contributed by atoms with Gasteiger partial charge in [0.2, 0.25) is 0 Å². The zero-order valence-corrected chi connectivity index (χ0v) is 38.4. The third kappa shape index (κ3) is 17.8. The number of aromatic nitrogens is 3. The lowest BCUT2D eigenvalue weighted by atomic mass is 9.94. The lowest BCUT2D eigenvalue weighted by Gasteiger charge is -2.31. The molecule has 5 heterocycles. The zero-order valence-electron chi connectivity index (χ0n) is 36.0. The normalized spacial score (nSPS) is 14.4. The van der Waals surface area contributed by atoms with Gasteiger partial charge in [0, 0.05) is 60.8 Å². The number of piperidine rings is 2. The summed E-state index contributed by atoms with van der Waals surface area (Å²) in [6, 6.07) is 15.6.